The fraction of sp³-hybridized carbons (Fsp3) is 0.0870. The Hall–Kier alpha value is -3.73. The lowest BCUT2D eigenvalue weighted by atomic mass is 10.1. The number of benzene rings is 3. The molecule has 5 heteroatoms. The van der Waals surface area contributed by atoms with Crippen LogP contribution in [-0.2, 0) is 11.2 Å². The van der Waals surface area contributed by atoms with Gasteiger partial charge in [0.15, 0.2) is 0 Å². The third kappa shape index (κ3) is 3.99. The molecule has 1 amide bonds. The number of hydrogen-bond acceptors (Lipinski definition) is 4. The number of carbonyl (C=O) groups excluding carboxylic acids is 1. The van der Waals surface area contributed by atoms with Gasteiger partial charge in [0.25, 0.3) is 5.89 Å². The Balaban J connectivity index is 1.56. The molecule has 0 unspecified atom stereocenters. The van der Waals surface area contributed by atoms with Gasteiger partial charge in [-0.3, -0.25) is 4.79 Å². The Morgan fingerprint density at radius 2 is 1.64 bits per heavy atom. The van der Waals surface area contributed by atoms with Gasteiger partial charge < -0.3 is 9.84 Å². The van der Waals surface area contributed by atoms with Gasteiger partial charge in [-0.1, -0.05) is 77.5 Å². The molecule has 5 nitrogen and oxygen atoms in total. The zero-order valence-corrected chi connectivity index (χ0v) is 15.4. The van der Waals surface area contributed by atoms with Gasteiger partial charge in [0, 0.05) is 5.56 Å². The second kappa shape index (κ2) is 7.88. The van der Waals surface area contributed by atoms with Gasteiger partial charge in [0.05, 0.1) is 17.7 Å². The number of aryl methyl sites for hydroxylation is 1. The number of aromatic nitrogens is 2. The van der Waals surface area contributed by atoms with E-state index < -0.39 is 0 Å². The van der Waals surface area contributed by atoms with Gasteiger partial charge >= 0.3 is 0 Å². The van der Waals surface area contributed by atoms with Crippen molar-refractivity contribution in [3.63, 3.8) is 0 Å². The summed E-state index contributed by atoms with van der Waals surface area (Å²) in [6, 6.07) is 25.0. The smallest absolute Gasteiger partial charge is 0.260 e. The van der Waals surface area contributed by atoms with E-state index in [0.717, 1.165) is 11.1 Å². The number of anilines is 1. The predicted molar refractivity (Wildman–Crippen MR) is 109 cm³/mol. The predicted octanol–water partition coefficient (Wildman–Crippen LogP) is 4.89. The molecular formula is C23H19N3O2. The van der Waals surface area contributed by atoms with Gasteiger partial charge in [-0.2, -0.15) is 4.98 Å². The molecule has 138 valence electrons. The van der Waals surface area contributed by atoms with Gasteiger partial charge in [-0.25, -0.2) is 0 Å². The maximum atomic E-state index is 12.4. The normalized spacial score (nSPS) is 10.6. The monoisotopic (exact) mass is 369 g/mol. The molecule has 4 aromatic rings. The van der Waals surface area contributed by atoms with E-state index >= 15 is 0 Å². The molecule has 0 saturated heterocycles. The number of amides is 1. The van der Waals surface area contributed by atoms with E-state index in [0.29, 0.717) is 29.4 Å². The first-order valence-corrected chi connectivity index (χ1v) is 9.03. The van der Waals surface area contributed by atoms with Crippen molar-refractivity contribution in [3.8, 4) is 22.8 Å². The Morgan fingerprint density at radius 3 is 2.43 bits per heavy atom. The maximum Gasteiger partial charge on any atom is 0.260 e. The summed E-state index contributed by atoms with van der Waals surface area (Å²) >= 11 is 0. The fourth-order valence-corrected chi connectivity index (χ4v) is 2.91. The molecule has 0 atom stereocenters. The summed E-state index contributed by atoms with van der Waals surface area (Å²) in [7, 11) is 0. The van der Waals surface area contributed by atoms with Crippen molar-refractivity contribution in [3.05, 3.63) is 90.0 Å². The zero-order valence-electron chi connectivity index (χ0n) is 15.4. The number of hydrogen-bond donors (Lipinski definition) is 1. The first kappa shape index (κ1) is 17.7. The highest BCUT2D eigenvalue weighted by Crippen LogP contribution is 2.28. The summed E-state index contributed by atoms with van der Waals surface area (Å²) in [5.74, 6) is 0.781. The van der Waals surface area contributed by atoms with Crippen molar-refractivity contribution < 1.29 is 9.32 Å². The average Bonchev–Trinajstić information content (AvgIpc) is 3.19. The van der Waals surface area contributed by atoms with E-state index in [2.05, 4.69) is 15.5 Å². The van der Waals surface area contributed by atoms with Crippen LogP contribution in [0, 0.1) is 6.92 Å². The van der Waals surface area contributed by atoms with E-state index in [1.807, 2.05) is 85.8 Å². The van der Waals surface area contributed by atoms with E-state index in [1.165, 1.54) is 5.56 Å². The van der Waals surface area contributed by atoms with Crippen LogP contribution in [0.15, 0.2) is 83.4 Å². The van der Waals surface area contributed by atoms with E-state index in [9.17, 15) is 4.79 Å². The molecule has 28 heavy (non-hydrogen) atoms. The number of para-hydroxylation sites is 1. The van der Waals surface area contributed by atoms with Gasteiger partial charge in [0.1, 0.15) is 0 Å². The molecule has 1 N–H and O–H groups in total. The van der Waals surface area contributed by atoms with Crippen molar-refractivity contribution in [2.75, 3.05) is 5.32 Å². The van der Waals surface area contributed by atoms with Crippen molar-refractivity contribution in [2.24, 2.45) is 0 Å². The van der Waals surface area contributed by atoms with E-state index in [-0.39, 0.29) is 5.91 Å². The molecule has 0 aliphatic heterocycles. The quantitative estimate of drug-likeness (QED) is 0.544. The SMILES string of the molecule is Cc1ccc(-c2noc(-c3ccccc3NC(=O)Cc3ccccc3)n2)cc1. The van der Waals surface area contributed by atoms with Crippen LogP contribution >= 0.6 is 0 Å². The molecule has 1 aromatic heterocycles. The molecule has 3 aromatic carbocycles. The third-order valence-electron chi connectivity index (χ3n) is 4.37. The van der Waals surface area contributed by atoms with Crippen molar-refractivity contribution >= 4 is 11.6 Å². The molecule has 0 saturated carbocycles. The minimum Gasteiger partial charge on any atom is -0.334 e. The third-order valence-corrected chi connectivity index (χ3v) is 4.37. The van der Waals surface area contributed by atoms with E-state index in [1.54, 1.807) is 0 Å². The molecular weight excluding hydrogens is 350 g/mol. The van der Waals surface area contributed by atoms with Gasteiger partial charge in [0.2, 0.25) is 11.7 Å². The molecule has 0 spiro atoms. The zero-order chi connectivity index (χ0) is 19.3. The molecule has 0 bridgehead atoms. The minimum absolute atomic E-state index is 0.100. The summed E-state index contributed by atoms with van der Waals surface area (Å²) in [6.45, 7) is 2.03. The van der Waals surface area contributed by atoms with Crippen LogP contribution in [0.25, 0.3) is 22.8 Å². The lowest BCUT2D eigenvalue weighted by molar-refractivity contribution is -0.115. The Labute approximate surface area is 163 Å². The minimum atomic E-state index is -0.100. The standard InChI is InChI=1S/C23H19N3O2/c1-16-11-13-18(14-12-16)22-25-23(28-26-22)19-9-5-6-10-20(19)24-21(27)15-17-7-3-2-4-8-17/h2-14H,15H2,1H3,(H,24,27). The molecule has 1 heterocycles. The number of rotatable bonds is 5. The van der Waals surface area contributed by atoms with Crippen molar-refractivity contribution in [1.82, 2.24) is 10.1 Å². The van der Waals surface area contributed by atoms with Crippen LogP contribution in [0.2, 0.25) is 0 Å². The summed E-state index contributed by atoms with van der Waals surface area (Å²) in [4.78, 5) is 16.9. The van der Waals surface area contributed by atoms with Crippen LogP contribution in [0.5, 0.6) is 0 Å². The van der Waals surface area contributed by atoms with Crippen molar-refractivity contribution in [1.29, 1.82) is 0 Å². The number of nitrogens with one attached hydrogen (secondary N) is 1. The number of carbonyl (C=O) groups is 1. The lowest BCUT2D eigenvalue weighted by Crippen LogP contribution is -2.14. The highest BCUT2D eigenvalue weighted by Gasteiger charge is 2.15. The summed E-state index contributed by atoms with van der Waals surface area (Å²) in [6.07, 6.45) is 0.299. The van der Waals surface area contributed by atoms with Crippen LogP contribution in [-0.4, -0.2) is 16.0 Å². The first-order valence-electron chi connectivity index (χ1n) is 9.03. The largest absolute Gasteiger partial charge is 0.334 e. The average molecular weight is 369 g/mol. The Morgan fingerprint density at radius 1 is 0.929 bits per heavy atom. The highest BCUT2D eigenvalue weighted by atomic mass is 16.5. The van der Waals surface area contributed by atoms with Crippen LogP contribution < -0.4 is 5.32 Å². The first-order chi connectivity index (χ1) is 13.7. The molecule has 0 aliphatic rings. The van der Waals surface area contributed by atoms with Gasteiger partial charge in [-0.05, 0) is 24.6 Å². The Kier molecular flexibility index (Phi) is 4.97. The topological polar surface area (TPSA) is 68.0 Å². The molecule has 0 radical (unpaired) electrons. The van der Waals surface area contributed by atoms with E-state index in [4.69, 9.17) is 4.52 Å². The molecule has 0 fully saturated rings. The lowest BCUT2D eigenvalue weighted by Gasteiger charge is -2.08. The maximum absolute atomic E-state index is 12.4. The van der Waals surface area contributed by atoms with Crippen molar-refractivity contribution in [2.45, 2.75) is 13.3 Å². The second-order valence-electron chi connectivity index (χ2n) is 6.55. The highest BCUT2D eigenvalue weighted by molar-refractivity contribution is 5.95. The summed E-state index contributed by atoms with van der Waals surface area (Å²) < 4.78 is 5.46. The molecule has 4 rings (SSSR count). The number of nitrogens with zero attached hydrogens (tertiary/aromatic N) is 2. The van der Waals surface area contributed by atoms with Crippen LogP contribution in [0.3, 0.4) is 0 Å². The molecule has 0 aliphatic carbocycles. The fourth-order valence-electron chi connectivity index (χ4n) is 2.91. The summed E-state index contributed by atoms with van der Waals surface area (Å²) in [5.41, 5.74) is 4.33. The van der Waals surface area contributed by atoms with Crippen LogP contribution in [0.1, 0.15) is 11.1 Å². The summed E-state index contributed by atoms with van der Waals surface area (Å²) in [5, 5.41) is 7.03. The van der Waals surface area contributed by atoms with Crippen LogP contribution in [0.4, 0.5) is 5.69 Å². The second-order valence-corrected chi connectivity index (χ2v) is 6.55. The Bertz CT molecular complexity index is 1090. The van der Waals surface area contributed by atoms with Gasteiger partial charge in [-0.15, -0.1) is 0 Å².